The average molecular weight is 238 g/mol. The van der Waals surface area contributed by atoms with Crippen molar-refractivity contribution in [3.05, 3.63) is 21.9 Å². The topological polar surface area (TPSA) is 20.2 Å². The van der Waals surface area contributed by atoms with E-state index in [-0.39, 0.29) is 6.10 Å². The van der Waals surface area contributed by atoms with E-state index < -0.39 is 0 Å². The number of aliphatic hydroxyl groups excluding tert-OH is 1. The minimum atomic E-state index is -0.0605. The third kappa shape index (κ3) is 3.08. The van der Waals surface area contributed by atoms with Crippen molar-refractivity contribution in [3.8, 4) is 0 Å². The van der Waals surface area contributed by atoms with Crippen LogP contribution in [0, 0.1) is 5.92 Å². The molecule has 1 nitrogen and oxygen atoms in total. The van der Waals surface area contributed by atoms with Crippen LogP contribution < -0.4 is 0 Å². The van der Waals surface area contributed by atoms with Gasteiger partial charge in [0.25, 0.3) is 0 Å². The van der Waals surface area contributed by atoms with Crippen LogP contribution in [0.2, 0.25) is 0 Å². The third-order valence-corrected chi connectivity index (χ3v) is 4.99. The Balaban J connectivity index is 1.77. The molecule has 1 unspecified atom stereocenters. The number of hydrogen-bond acceptors (Lipinski definition) is 2. The van der Waals surface area contributed by atoms with Crippen molar-refractivity contribution in [1.29, 1.82) is 0 Å². The molecular weight excluding hydrogens is 216 g/mol. The third-order valence-electron chi connectivity index (χ3n) is 3.70. The molecule has 16 heavy (non-hydrogen) atoms. The molecule has 1 N–H and O–H groups in total. The maximum Gasteiger partial charge on any atom is 0.0571 e. The van der Waals surface area contributed by atoms with Crippen LogP contribution in [0.5, 0.6) is 0 Å². The zero-order chi connectivity index (χ0) is 11.4. The Hall–Kier alpha value is -0.340. The lowest BCUT2D eigenvalue weighted by Gasteiger charge is -2.16. The lowest BCUT2D eigenvalue weighted by Crippen LogP contribution is -2.17. The van der Waals surface area contributed by atoms with Gasteiger partial charge in [-0.2, -0.15) is 0 Å². The van der Waals surface area contributed by atoms with Gasteiger partial charge in [0, 0.05) is 9.75 Å². The summed E-state index contributed by atoms with van der Waals surface area (Å²) in [7, 11) is 0. The predicted octanol–water partition coefficient (Wildman–Crippen LogP) is 3.79. The second-order valence-electron chi connectivity index (χ2n) is 4.87. The second kappa shape index (κ2) is 5.83. The fourth-order valence-corrected chi connectivity index (χ4v) is 3.59. The van der Waals surface area contributed by atoms with Gasteiger partial charge < -0.3 is 5.11 Å². The first-order valence-electron chi connectivity index (χ1n) is 6.55. The van der Waals surface area contributed by atoms with Gasteiger partial charge >= 0.3 is 0 Å². The van der Waals surface area contributed by atoms with E-state index >= 15 is 0 Å². The summed E-state index contributed by atoms with van der Waals surface area (Å²) in [4.78, 5) is 2.90. The van der Waals surface area contributed by atoms with E-state index in [9.17, 15) is 5.11 Å². The maximum atomic E-state index is 10.1. The Morgan fingerprint density at radius 3 is 2.62 bits per heavy atom. The van der Waals surface area contributed by atoms with Crippen molar-refractivity contribution >= 4 is 11.3 Å². The van der Waals surface area contributed by atoms with E-state index in [1.807, 2.05) is 11.3 Å². The van der Waals surface area contributed by atoms with E-state index in [1.54, 1.807) is 0 Å². The summed E-state index contributed by atoms with van der Waals surface area (Å²) in [6.45, 7) is 2.20. The van der Waals surface area contributed by atoms with Gasteiger partial charge in [-0.25, -0.2) is 0 Å². The summed E-state index contributed by atoms with van der Waals surface area (Å²) in [5.74, 6) is 0.589. The quantitative estimate of drug-likeness (QED) is 0.827. The Bertz CT molecular complexity index is 312. The molecule has 2 heteroatoms. The summed E-state index contributed by atoms with van der Waals surface area (Å²) >= 11 is 1.91. The van der Waals surface area contributed by atoms with Gasteiger partial charge in [-0.15, -0.1) is 11.3 Å². The molecule has 0 bridgehead atoms. The summed E-state index contributed by atoms with van der Waals surface area (Å²) in [6.07, 6.45) is 8.21. The first-order chi connectivity index (χ1) is 7.79. The van der Waals surface area contributed by atoms with Crippen molar-refractivity contribution < 1.29 is 5.11 Å². The molecule has 90 valence electrons. The van der Waals surface area contributed by atoms with E-state index in [1.165, 1.54) is 35.4 Å². The highest BCUT2D eigenvalue weighted by Gasteiger charge is 2.22. The van der Waals surface area contributed by atoms with Crippen LogP contribution in [0.15, 0.2) is 12.1 Å². The largest absolute Gasteiger partial charge is 0.393 e. The molecule has 2 rings (SSSR count). The van der Waals surface area contributed by atoms with Gasteiger partial charge in [0.05, 0.1) is 6.10 Å². The van der Waals surface area contributed by atoms with Crippen LogP contribution in [0.3, 0.4) is 0 Å². The standard InChI is InChI=1S/C14H22OS/c1-2-12-7-8-13(16-12)9-10-14(15)11-5-3-4-6-11/h7-8,11,14-15H,2-6,9-10H2,1H3. The van der Waals surface area contributed by atoms with E-state index in [4.69, 9.17) is 0 Å². The van der Waals surface area contributed by atoms with Crippen LogP contribution >= 0.6 is 11.3 Å². The van der Waals surface area contributed by atoms with Gasteiger partial charge in [-0.1, -0.05) is 19.8 Å². The van der Waals surface area contributed by atoms with Crippen LogP contribution in [0.4, 0.5) is 0 Å². The molecule has 0 amide bonds. The molecule has 1 heterocycles. The second-order valence-corrected chi connectivity index (χ2v) is 6.13. The summed E-state index contributed by atoms with van der Waals surface area (Å²) in [6, 6.07) is 4.45. The molecule has 0 spiro atoms. The molecule has 1 aromatic rings. The minimum Gasteiger partial charge on any atom is -0.393 e. The highest BCUT2D eigenvalue weighted by molar-refractivity contribution is 7.11. The summed E-state index contributed by atoms with van der Waals surface area (Å²) in [5, 5.41) is 10.1. The van der Waals surface area contributed by atoms with Crippen molar-refractivity contribution in [2.24, 2.45) is 5.92 Å². The van der Waals surface area contributed by atoms with Gasteiger partial charge in [0.2, 0.25) is 0 Å². The van der Waals surface area contributed by atoms with Crippen LogP contribution in [0.25, 0.3) is 0 Å². The Morgan fingerprint density at radius 1 is 1.31 bits per heavy atom. The van der Waals surface area contributed by atoms with Crippen LogP contribution in [-0.2, 0) is 12.8 Å². The molecule has 1 aliphatic carbocycles. The van der Waals surface area contributed by atoms with E-state index in [0.717, 1.165) is 19.3 Å². The van der Waals surface area contributed by atoms with Gasteiger partial charge in [-0.05, 0) is 50.2 Å². The Morgan fingerprint density at radius 2 is 2.00 bits per heavy atom. The molecule has 1 fully saturated rings. The molecular formula is C14H22OS. The molecule has 0 saturated heterocycles. The summed E-state index contributed by atoms with van der Waals surface area (Å²) < 4.78 is 0. The van der Waals surface area contributed by atoms with Gasteiger partial charge in [-0.3, -0.25) is 0 Å². The normalized spacial score (nSPS) is 19.1. The van der Waals surface area contributed by atoms with Gasteiger partial charge in [0.1, 0.15) is 0 Å². The van der Waals surface area contributed by atoms with E-state index in [0.29, 0.717) is 5.92 Å². The molecule has 1 saturated carbocycles. The zero-order valence-corrected chi connectivity index (χ0v) is 10.9. The molecule has 0 aromatic carbocycles. The van der Waals surface area contributed by atoms with E-state index in [2.05, 4.69) is 19.1 Å². The molecule has 1 aromatic heterocycles. The summed E-state index contributed by atoms with van der Waals surface area (Å²) in [5.41, 5.74) is 0. The van der Waals surface area contributed by atoms with Crippen molar-refractivity contribution in [2.75, 3.05) is 0 Å². The lowest BCUT2D eigenvalue weighted by molar-refractivity contribution is 0.102. The fourth-order valence-electron chi connectivity index (χ4n) is 2.61. The molecule has 1 atom stereocenters. The van der Waals surface area contributed by atoms with Gasteiger partial charge in [0.15, 0.2) is 0 Å². The van der Waals surface area contributed by atoms with Crippen LogP contribution in [0.1, 0.15) is 48.8 Å². The first-order valence-corrected chi connectivity index (χ1v) is 7.37. The zero-order valence-electron chi connectivity index (χ0n) is 10.1. The fraction of sp³-hybridized carbons (Fsp3) is 0.714. The Kier molecular flexibility index (Phi) is 4.42. The highest BCUT2D eigenvalue weighted by atomic mass is 32.1. The number of thiophene rings is 1. The number of rotatable bonds is 5. The monoisotopic (exact) mass is 238 g/mol. The highest BCUT2D eigenvalue weighted by Crippen LogP contribution is 2.30. The van der Waals surface area contributed by atoms with Crippen molar-refractivity contribution in [1.82, 2.24) is 0 Å². The average Bonchev–Trinajstić information content (AvgIpc) is 2.96. The SMILES string of the molecule is CCc1ccc(CCC(O)C2CCCC2)s1. The molecule has 0 aliphatic heterocycles. The minimum absolute atomic E-state index is 0.0605. The molecule has 0 radical (unpaired) electrons. The molecule has 1 aliphatic rings. The smallest absolute Gasteiger partial charge is 0.0571 e. The first kappa shape index (κ1) is 12.1. The van der Waals surface area contributed by atoms with Crippen molar-refractivity contribution in [2.45, 2.75) is 58.0 Å². The lowest BCUT2D eigenvalue weighted by atomic mass is 9.97. The number of aryl methyl sites for hydroxylation is 2. The van der Waals surface area contributed by atoms with Crippen LogP contribution in [-0.4, -0.2) is 11.2 Å². The Labute approximate surface area is 103 Å². The predicted molar refractivity (Wildman–Crippen MR) is 70.0 cm³/mol. The maximum absolute atomic E-state index is 10.1. The number of aliphatic hydroxyl groups is 1. The van der Waals surface area contributed by atoms with Crippen molar-refractivity contribution in [3.63, 3.8) is 0 Å². The number of hydrogen-bond donors (Lipinski definition) is 1.